The van der Waals surface area contributed by atoms with Crippen LogP contribution in [0.1, 0.15) is 30.0 Å². The van der Waals surface area contributed by atoms with Crippen molar-refractivity contribution in [2.24, 2.45) is 0 Å². The third kappa shape index (κ3) is 1.56. The van der Waals surface area contributed by atoms with Crippen molar-refractivity contribution in [2.45, 2.75) is 33.6 Å². The van der Waals surface area contributed by atoms with Crippen LogP contribution in [0.3, 0.4) is 0 Å². The van der Waals surface area contributed by atoms with E-state index in [1.165, 1.54) is 0 Å². The summed E-state index contributed by atoms with van der Waals surface area (Å²) in [7, 11) is 0. The van der Waals surface area contributed by atoms with Gasteiger partial charge in [0.25, 0.3) is 0 Å². The summed E-state index contributed by atoms with van der Waals surface area (Å²) < 4.78 is 0. The van der Waals surface area contributed by atoms with Crippen LogP contribution in [0.25, 0.3) is 0 Å². The van der Waals surface area contributed by atoms with Crippen molar-refractivity contribution < 1.29 is 9.90 Å². The molecule has 0 radical (unpaired) electrons. The largest absolute Gasteiger partial charge is 0.508 e. The number of rotatable bonds is 0. The number of aromatic hydroxyl groups is 1. The van der Waals surface area contributed by atoms with Crippen LogP contribution in [0.4, 0.5) is 5.69 Å². The van der Waals surface area contributed by atoms with Gasteiger partial charge in [-0.05, 0) is 49.4 Å². The standard InChI is InChI=1S/C13H17NO2/c1-8-9(2)13-11(7-12(8)16)5-4-6-14(13)10(3)15/h7,16H,4-6H2,1-3H3. The maximum absolute atomic E-state index is 11.6. The molecule has 0 aliphatic carbocycles. The molecule has 0 aromatic heterocycles. The van der Waals surface area contributed by atoms with E-state index in [0.29, 0.717) is 5.75 Å². The quantitative estimate of drug-likeness (QED) is 0.727. The normalized spacial score (nSPS) is 14.8. The molecule has 1 N–H and O–H groups in total. The lowest BCUT2D eigenvalue weighted by atomic mass is 9.94. The molecular weight excluding hydrogens is 202 g/mol. The van der Waals surface area contributed by atoms with Gasteiger partial charge in [-0.3, -0.25) is 4.79 Å². The summed E-state index contributed by atoms with van der Waals surface area (Å²) >= 11 is 0. The lowest BCUT2D eigenvalue weighted by Crippen LogP contribution is -2.34. The Balaban J connectivity index is 2.63. The van der Waals surface area contributed by atoms with E-state index in [-0.39, 0.29) is 5.91 Å². The number of benzene rings is 1. The summed E-state index contributed by atoms with van der Waals surface area (Å²) in [5, 5.41) is 9.78. The molecule has 0 fully saturated rings. The number of hydrogen-bond acceptors (Lipinski definition) is 2. The van der Waals surface area contributed by atoms with Gasteiger partial charge in [-0.15, -0.1) is 0 Å². The summed E-state index contributed by atoms with van der Waals surface area (Å²) in [6.07, 6.45) is 1.91. The Morgan fingerprint density at radius 2 is 2.06 bits per heavy atom. The van der Waals surface area contributed by atoms with Gasteiger partial charge in [-0.25, -0.2) is 0 Å². The van der Waals surface area contributed by atoms with Gasteiger partial charge in [0.2, 0.25) is 5.91 Å². The fraction of sp³-hybridized carbons (Fsp3) is 0.462. The monoisotopic (exact) mass is 219 g/mol. The average Bonchev–Trinajstić information content (AvgIpc) is 2.25. The first-order valence-electron chi connectivity index (χ1n) is 5.62. The van der Waals surface area contributed by atoms with Gasteiger partial charge in [0.15, 0.2) is 0 Å². The maximum Gasteiger partial charge on any atom is 0.223 e. The number of carbonyl (C=O) groups excluding carboxylic acids is 1. The lowest BCUT2D eigenvalue weighted by molar-refractivity contribution is -0.116. The Kier molecular flexibility index (Phi) is 2.62. The zero-order valence-corrected chi connectivity index (χ0v) is 10.0. The summed E-state index contributed by atoms with van der Waals surface area (Å²) in [6.45, 7) is 6.23. The Labute approximate surface area is 95.7 Å². The Morgan fingerprint density at radius 1 is 1.38 bits per heavy atom. The second kappa shape index (κ2) is 3.81. The Morgan fingerprint density at radius 3 is 2.69 bits per heavy atom. The van der Waals surface area contributed by atoms with Gasteiger partial charge in [-0.2, -0.15) is 0 Å². The fourth-order valence-corrected chi connectivity index (χ4v) is 2.37. The summed E-state index contributed by atoms with van der Waals surface area (Å²) in [4.78, 5) is 13.4. The van der Waals surface area contributed by atoms with E-state index in [2.05, 4.69) is 0 Å². The molecule has 1 heterocycles. The highest BCUT2D eigenvalue weighted by molar-refractivity contribution is 5.94. The molecule has 0 spiro atoms. The van der Waals surface area contributed by atoms with E-state index in [0.717, 1.165) is 41.8 Å². The second-order valence-corrected chi connectivity index (χ2v) is 4.43. The van der Waals surface area contributed by atoms with E-state index in [9.17, 15) is 9.90 Å². The van der Waals surface area contributed by atoms with Gasteiger partial charge in [0.05, 0.1) is 5.69 Å². The maximum atomic E-state index is 11.6. The van der Waals surface area contributed by atoms with Crippen molar-refractivity contribution in [1.29, 1.82) is 0 Å². The molecule has 86 valence electrons. The average molecular weight is 219 g/mol. The van der Waals surface area contributed by atoms with Crippen LogP contribution in [0, 0.1) is 13.8 Å². The predicted molar refractivity (Wildman–Crippen MR) is 63.9 cm³/mol. The van der Waals surface area contributed by atoms with Crippen molar-refractivity contribution in [3.63, 3.8) is 0 Å². The highest BCUT2D eigenvalue weighted by atomic mass is 16.3. The molecule has 1 aromatic carbocycles. The second-order valence-electron chi connectivity index (χ2n) is 4.43. The molecule has 0 saturated heterocycles. The van der Waals surface area contributed by atoms with Crippen LogP contribution in [-0.2, 0) is 11.2 Å². The zero-order chi connectivity index (χ0) is 11.9. The number of fused-ring (bicyclic) bond motifs is 1. The van der Waals surface area contributed by atoms with Gasteiger partial charge in [-0.1, -0.05) is 0 Å². The van der Waals surface area contributed by atoms with Crippen molar-refractivity contribution in [3.8, 4) is 5.75 Å². The molecule has 1 aliphatic heterocycles. The van der Waals surface area contributed by atoms with Crippen LogP contribution in [0.15, 0.2) is 6.07 Å². The number of hydrogen-bond donors (Lipinski definition) is 1. The van der Waals surface area contributed by atoms with Crippen molar-refractivity contribution >= 4 is 11.6 Å². The van der Waals surface area contributed by atoms with Crippen molar-refractivity contribution in [3.05, 3.63) is 22.8 Å². The molecule has 16 heavy (non-hydrogen) atoms. The first-order chi connectivity index (χ1) is 7.52. The highest BCUT2D eigenvalue weighted by Gasteiger charge is 2.23. The molecule has 0 atom stereocenters. The molecule has 0 bridgehead atoms. The molecule has 3 heteroatoms. The highest BCUT2D eigenvalue weighted by Crippen LogP contribution is 2.36. The number of carbonyl (C=O) groups is 1. The minimum Gasteiger partial charge on any atom is -0.508 e. The first-order valence-corrected chi connectivity index (χ1v) is 5.62. The minimum absolute atomic E-state index is 0.0779. The summed E-state index contributed by atoms with van der Waals surface area (Å²) in [6, 6.07) is 1.80. The summed E-state index contributed by atoms with van der Waals surface area (Å²) in [5.74, 6) is 0.413. The number of nitrogens with zero attached hydrogens (tertiary/aromatic N) is 1. The van der Waals surface area contributed by atoms with Crippen LogP contribution in [-0.4, -0.2) is 17.6 Å². The van der Waals surface area contributed by atoms with Crippen LogP contribution < -0.4 is 4.90 Å². The summed E-state index contributed by atoms with van der Waals surface area (Å²) in [5.41, 5.74) is 3.98. The fourth-order valence-electron chi connectivity index (χ4n) is 2.37. The van der Waals surface area contributed by atoms with E-state index >= 15 is 0 Å². The molecule has 1 aromatic rings. The molecule has 1 amide bonds. The topological polar surface area (TPSA) is 40.5 Å². The van der Waals surface area contributed by atoms with E-state index in [1.807, 2.05) is 18.7 Å². The van der Waals surface area contributed by atoms with Gasteiger partial charge >= 0.3 is 0 Å². The number of phenolic OH excluding ortho intramolecular Hbond substituents is 1. The third-order valence-electron chi connectivity index (χ3n) is 3.39. The smallest absolute Gasteiger partial charge is 0.223 e. The lowest BCUT2D eigenvalue weighted by Gasteiger charge is -2.31. The molecule has 0 unspecified atom stereocenters. The van der Waals surface area contributed by atoms with Crippen molar-refractivity contribution in [2.75, 3.05) is 11.4 Å². The van der Waals surface area contributed by atoms with Gasteiger partial charge in [0.1, 0.15) is 5.75 Å². The van der Waals surface area contributed by atoms with Crippen LogP contribution in [0.2, 0.25) is 0 Å². The van der Waals surface area contributed by atoms with E-state index in [4.69, 9.17) is 0 Å². The first kappa shape index (κ1) is 11.0. The SMILES string of the molecule is CC(=O)N1CCCc2cc(O)c(C)c(C)c21. The van der Waals surface area contributed by atoms with Gasteiger partial charge < -0.3 is 10.0 Å². The van der Waals surface area contributed by atoms with Crippen LogP contribution >= 0.6 is 0 Å². The Hall–Kier alpha value is -1.51. The number of aryl methyl sites for hydroxylation is 1. The minimum atomic E-state index is 0.0779. The molecule has 0 saturated carbocycles. The third-order valence-corrected chi connectivity index (χ3v) is 3.39. The number of phenols is 1. The molecule has 1 aliphatic rings. The van der Waals surface area contributed by atoms with E-state index in [1.54, 1.807) is 13.0 Å². The number of anilines is 1. The molecular formula is C13H17NO2. The van der Waals surface area contributed by atoms with Gasteiger partial charge in [0, 0.05) is 13.5 Å². The van der Waals surface area contributed by atoms with Crippen molar-refractivity contribution in [1.82, 2.24) is 0 Å². The predicted octanol–water partition coefficient (Wildman–Crippen LogP) is 2.31. The van der Waals surface area contributed by atoms with Crippen LogP contribution in [0.5, 0.6) is 5.75 Å². The zero-order valence-electron chi connectivity index (χ0n) is 10.0. The Bertz CT molecular complexity index is 452. The molecule has 3 nitrogen and oxygen atoms in total. The molecule has 2 rings (SSSR count). The number of amides is 1. The van der Waals surface area contributed by atoms with E-state index < -0.39 is 0 Å².